The standard InChI is InChI=1S/C13H21N3OS/c1-3-10-9(2)18-12(15-10)16-11(17)7-13(8-14)5-4-6-13/h3-8,14H2,1-2H3,(H,15,16,17). The van der Waals surface area contributed by atoms with E-state index >= 15 is 0 Å². The van der Waals surface area contributed by atoms with Gasteiger partial charge in [0, 0.05) is 11.3 Å². The van der Waals surface area contributed by atoms with E-state index in [-0.39, 0.29) is 11.3 Å². The van der Waals surface area contributed by atoms with Crippen molar-refractivity contribution < 1.29 is 4.79 Å². The minimum Gasteiger partial charge on any atom is -0.330 e. The number of hydrogen-bond donors (Lipinski definition) is 2. The molecule has 0 saturated heterocycles. The van der Waals surface area contributed by atoms with E-state index in [1.807, 2.05) is 6.92 Å². The van der Waals surface area contributed by atoms with Crippen LogP contribution in [0.1, 0.15) is 43.2 Å². The molecule has 0 unspecified atom stereocenters. The van der Waals surface area contributed by atoms with Crippen molar-refractivity contribution in [1.29, 1.82) is 0 Å². The van der Waals surface area contributed by atoms with Crippen LogP contribution in [0.15, 0.2) is 0 Å². The number of rotatable bonds is 5. The summed E-state index contributed by atoms with van der Waals surface area (Å²) in [5.41, 5.74) is 6.90. The van der Waals surface area contributed by atoms with Crippen molar-refractivity contribution in [2.24, 2.45) is 11.1 Å². The molecule has 1 aliphatic rings. The Kier molecular flexibility index (Phi) is 4.02. The predicted molar refractivity (Wildman–Crippen MR) is 74.8 cm³/mol. The van der Waals surface area contributed by atoms with Crippen LogP contribution in [0.2, 0.25) is 0 Å². The molecule has 0 bridgehead atoms. The lowest BCUT2D eigenvalue weighted by Crippen LogP contribution is -2.40. The lowest BCUT2D eigenvalue weighted by atomic mass is 9.66. The highest BCUT2D eigenvalue weighted by molar-refractivity contribution is 7.15. The van der Waals surface area contributed by atoms with Crippen molar-refractivity contribution in [3.05, 3.63) is 10.6 Å². The highest BCUT2D eigenvalue weighted by Gasteiger charge is 2.37. The van der Waals surface area contributed by atoms with Gasteiger partial charge in [-0.05, 0) is 38.1 Å². The second-order valence-electron chi connectivity index (χ2n) is 5.16. The molecule has 0 aromatic carbocycles. The third kappa shape index (κ3) is 2.72. The molecule has 5 heteroatoms. The molecule has 1 amide bonds. The number of hydrogen-bond acceptors (Lipinski definition) is 4. The van der Waals surface area contributed by atoms with Gasteiger partial charge in [-0.25, -0.2) is 4.98 Å². The number of nitrogens with one attached hydrogen (secondary N) is 1. The molecular weight excluding hydrogens is 246 g/mol. The summed E-state index contributed by atoms with van der Waals surface area (Å²) in [6.45, 7) is 4.72. The Morgan fingerprint density at radius 1 is 1.56 bits per heavy atom. The Bertz CT molecular complexity index is 432. The summed E-state index contributed by atoms with van der Waals surface area (Å²) in [4.78, 5) is 17.6. The number of amides is 1. The highest BCUT2D eigenvalue weighted by atomic mass is 32.1. The molecule has 0 radical (unpaired) electrons. The zero-order valence-electron chi connectivity index (χ0n) is 11.1. The molecule has 4 nitrogen and oxygen atoms in total. The van der Waals surface area contributed by atoms with Crippen LogP contribution in [0.3, 0.4) is 0 Å². The first kappa shape index (κ1) is 13.5. The zero-order valence-corrected chi connectivity index (χ0v) is 11.9. The Morgan fingerprint density at radius 3 is 2.72 bits per heavy atom. The van der Waals surface area contributed by atoms with Crippen LogP contribution in [-0.4, -0.2) is 17.4 Å². The molecule has 0 aliphatic heterocycles. The van der Waals surface area contributed by atoms with E-state index in [0.717, 1.165) is 30.1 Å². The van der Waals surface area contributed by atoms with E-state index in [1.165, 1.54) is 11.3 Å². The van der Waals surface area contributed by atoms with Gasteiger partial charge in [0.1, 0.15) is 0 Å². The summed E-state index contributed by atoms with van der Waals surface area (Å²) in [5.74, 6) is 0.0524. The first-order valence-corrected chi connectivity index (χ1v) is 7.36. The maximum Gasteiger partial charge on any atom is 0.226 e. The van der Waals surface area contributed by atoms with Gasteiger partial charge < -0.3 is 11.1 Å². The van der Waals surface area contributed by atoms with Gasteiger partial charge in [-0.15, -0.1) is 11.3 Å². The monoisotopic (exact) mass is 267 g/mol. The summed E-state index contributed by atoms with van der Waals surface area (Å²) < 4.78 is 0. The van der Waals surface area contributed by atoms with Gasteiger partial charge >= 0.3 is 0 Å². The van der Waals surface area contributed by atoms with Crippen molar-refractivity contribution in [3.8, 4) is 0 Å². The minimum absolute atomic E-state index is 0.0524. The lowest BCUT2D eigenvalue weighted by Gasteiger charge is -2.40. The molecule has 1 fully saturated rings. The fraction of sp³-hybridized carbons (Fsp3) is 0.692. The number of anilines is 1. The Morgan fingerprint density at radius 2 is 2.28 bits per heavy atom. The van der Waals surface area contributed by atoms with Gasteiger partial charge in [0.05, 0.1) is 5.69 Å². The highest BCUT2D eigenvalue weighted by Crippen LogP contribution is 2.43. The Balaban J connectivity index is 1.94. The van der Waals surface area contributed by atoms with E-state index < -0.39 is 0 Å². The fourth-order valence-electron chi connectivity index (χ4n) is 2.44. The fourth-order valence-corrected chi connectivity index (χ4v) is 3.36. The van der Waals surface area contributed by atoms with E-state index in [1.54, 1.807) is 11.3 Å². The first-order chi connectivity index (χ1) is 8.58. The molecule has 1 aromatic heterocycles. The van der Waals surface area contributed by atoms with E-state index in [2.05, 4.69) is 17.2 Å². The topological polar surface area (TPSA) is 68.0 Å². The van der Waals surface area contributed by atoms with E-state index in [9.17, 15) is 4.79 Å². The maximum atomic E-state index is 12.0. The summed E-state index contributed by atoms with van der Waals surface area (Å²) in [6.07, 6.45) is 4.79. The van der Waals surface area contributed by atoms with Crippen LogP contribution in [0.5, 0.6) is 0 Å². The van der Waals surface area contributed by atoms with Crippen molar-refractivity contribution in [1.82, 2.24) is 4.98 Å². The van der Waals surface area contributed by atoms with Crippen LogP contribution in [0, 0.1) is 12.3 Å². The van der Waals surface area contributed by atoms with Crippen molar-refractivity contribution >= 4 is 22.4 Å². The first-order valence-electron chi connectivity index (χ1n) is 6.55. The summed E-state index contributed by atoms with van der Waals surface area (Å²) in [5, 5.41) is 3.63. The van der Waals surface area contributed by atoms with Crippen LogP contribution < -0.4 is 11.1 Å². The van der Waals surface area contributed by atoms with Gasteiger partial charge in [-0.2, -0.15) is 0 Å². The molecule has 100 valence electrons. The maximum absolute atomic E-state index is 12.0. The van der Waals surface area contributed by atoms with Crippen LogP contribution in [0.25, 0.3) is 0 Å². The van der Waals surface area contributed by atoms with E-state index in [0.29, 0.717) is 13.0 Å². The molecule has 1 aromatic rings. The number of carbonyl (C=O) groups excluding carboxylic acids is 1. The summed E-state index contributed by atoms with van der Waals surface area (Å²) >= 11 is 1.55. The number of aromatic nitrogens is 1. The normalized spacial score (nSPS) is 17.3. The minimum atomic E-state index is 0.0524. The van der Waals surface area contributed by atoms with Gasteiger partial charge in [0.25, 0.3) is 0 Å². The second kappa shape index (κ2) is 5.36. The molecular formula is C13H21N3OS. The van der Waals surface area contributed by atoms with Gasteiger partial charge in [0.2, 0.25) is 5.91 Å². The molecule has 18 heavy (non-hydrogen) atoms. The van der Waals surface area contributed by atoms with Crippen LogP contribution in [0.4, 0.5) is 5.13 Å². The van der Waals surface area contributed by atoms with E-state index in [4.69, 9.17) is 5.73 Å². The summed E-state index contributed by atoms with van der Waals surface area (Å²) in [7, 11) is 0. The van der Waals surface area contributed by atoms with Crippen molar-refractivity contribution in [2.75, 3.05) is 11.9 Å². The SMILES string of the molecule is CCc1nc(NC(=O)CC2(CN)CCC2)sc1C. The predicted octanol–water partition coefficient (Wildman–Crippen LogP) is 2.47. The Labute approximate surface area is 112 Å². The quantitative estimate of drug-likeness (QED) is 0.861. The third-order valence-electron chi connectivity index (χ3n) is 3.86. The Hall–Kier alpha value is -0.940. The van der Waals surface area contributed by atoms with Crippen molar-refractivity contribution in [3.63, 3.8) is 0 Å². The number of carbonyl (C=O) groups is 1. The molecule has 1 aliphatic carbocycles. The second-order valence-corrected chi connectivity index (χ2v) is 6.36. The molecule has 1 heterocycles. The average Bonchev–Trinajstić information content (AvgIpc) is 2.64. The lowest BCUT2D eigenvalue weighted by molar-refractivity contribution is -0.119. The van der Waals surface area contributed by atoms with Gasteiger partial charge in [-0.3, -0.25) is 4.79 Å². The largest absolute Gasteiger partial charge is 0.330 e. The number of nitrogens with two attached hydrogens (primary N) is 1. The molecule has 3 N–H and O–H groups in total. The number of thiazole rings is 1. The molecule has 0 spiro atoms. The van der Waals surface area contributed by atoms with Gasteiger partial charge in [0.15, 0.2) is 5.13 Å². The van der Waals surface area contributed by atoms with Gasteiger partial charge in [-0.1, -0.05) is 13.3 Å². The summed E-state index contributed by atoms with van der Waals surface area (Å²) in [6, 6.07) is 0. The number of nitrogens with zero attached hydrogens (tertiary/aromatic N) is 1. The molecule has 1 saturated carbocycles. The molecule has 2 rings (SSSR count). The van der Waals surface area contributed by atoms with Crippen molar-refractivity contribution in [2.45, 2.75) is 46.0 Å². The smallest absolute Gasteiger partial charge is 0.226 e. The zero-order chi connectivity index (χ0) is 13.2. The number of aryl methyl sites for hydroxylation is 2. The third-order valence-corrected chi connectivity index (χ3v) is 4.79. The van der Waals surface area contributed by atoms with Crippen LogP contribution >= 0.6 is 11.3 Å². The van der Waals surface area contributed by atoms with Crippen LogP contribution in [-0.2, 0) is 11.2 Å². The molecule has 0 atom stereocenters. The average molecular weight is 267 g/mol.